The van der Waals surface area contributed by atoms with Gasteiger partial charge in [0, 0.05) is 25.0 Å². The van der Waals surface area contributed by atoms with Crippen LogP contribution in [0.2, 0.25) is 0 Å². The highest BCUT2D eigenvalue weighted by atomic mass is 16.5. The fourth-order valence-corrected chi connectivity index (χ4v) is 3.36. The number of aryl methyl sites for hydroxylation is 2. The van der Waals surface area contributed by atoms with Crippen molar-refractivity contribution in [2.45, 2.75) is 26.8 Å². The number of benzene rings is 2. The summed E-state index contributed by atoms with van der Waals surface area (Å²) >= 11 is 0. The number of carbonyl (C=O) groups excluding carboxylic acids is 1. The second-order valence-electron chi connectivity index (χ2n) is 6.73. The average molecular weight is 362 g/mol. The van der Waals surface area contributed by atoms with Gasteiger partial charge < -0.3 is 9.64 Å². The van der Waals surface area contributed by atoms with E-state index < -0.39 is 0 Å². The molecule has 0 spiro atoms. The van der Waals surface area contributed by atoms with Crippen molar-refractivity contribution in [2.24, 2.45) is 0 Å². The molecule has 3 aromatic rings. The van der Waals surface area contributed by atoms with Gasteiger partial charge >= 0.3 is 5.97 Å². The SMILES string of the molecule is CCc1cc(C(=O)OC)c(N(C)Cc2ccccc2)n1-c1ccc(C)cc1. The molecule has 0 bridgehead atoms. The minimum atomic E-state index is -0.314. The van der Waals surface area contributed by atoms with Gasteiger partial charge in [-0.3, -0.25) is 4.57 Å². The lowest BCUT2D eigenvalue weighted by molar-refractivity contribution is 0.0601. The van der Waals surface area contributed by atoms with Crippen molar-refractivity contribution in [2.75, 3.05) is 19.1 Å². The summed E-state index contributed by atoms with van der Waals surface area (Å²) in [6.07, 6.45) is 0.817. The van der Waals surface area contributed by atoms with E-state index >= 15 is 0 Å². The third-order valence-electron chi connectivity index (χ3n) is 4.73. The smallest absolute Gasteiger partial charge is 0.341 e. The van der Waals surface area contributed by atoms with Crippen LogP contribution in [0.4, 0.5) is 5.82 Å². The Labute approximate surface area is 161 Å². The van der Waals surface area contributed by atoms with Crippen molar-refractivity contribution < 1.29 is 9.53 Å². The van der Waals surface area contributed by atoms with E-state index in [9.17, 15) is 4.79 Å². The van der Waals surface area contributed by atoms with Crippen LogP contribution in [-0.2, 0) is 17.7 Å². The normalized spacial score (nSPS) is 10.7. The number of hydrogen-bond donors (Lipinski definition) is 0. The number of hydrogen-bond acceptors (Lipinski definition) is 3. The van der Waals surface area contributed by atoms with Crippen LogP contribution in [0, 0.1) is 6.92 Å². The van der Waals surface area contributed by atoms with Crippen LogP contribution < -0.4 is 4.90 Å². The van der Waals surface area contributed by atoms with Crippen LogP contribution >= 0.6 is 0 Å². The predicted molar refractivity (Wildman–Crippen MR) is 110 cm³/mol. The van der Waals surface area contributed by atoms with Crippen LogP contribution in [0.5, 0.6) is 0 Å². The molecule has 0 amide bonds. The van der Waals surface area contributed by atoms with E-state index in [0.29, 0.717) is 12.1 Å². The Balaban J connectivity index is 2.14. The molecule has 1 aromatic heterocycles. The zero-order valence-corrected chi connectivity index (χ0v) is 16.4. The van der Waals surface area contributed by atoms with E-state index in [4.69, 9.17) is 4.74 Å². The summed E-state index contributed by atoms with van der Waals surface area (Å²) in [6, 6.07) is 20.6. The molecule has 3 rings (SSSR count). The maximum atomic E-state index is 12.5. The number of nitrogens with zero attached hydrogens (tertiary/aromatic N) is 2. The van der Waals surface area contributed by atoms with Crippen molar-refractivity contribution in [3.05, 3.63) is 83.0 Å². The first-order chi connectivity index (χ1) is 13.0. The lowest BCUT2D eigenvalue weighted by atomic mass is 10.2. The molecule has 0 saturated heterocycles. The highest BCUT2D eigenvalue weighted by Crippen LogP contribution is 2.31. The maximum Gasteiger partial charge on any atom is 0.341 e. The quantitative estimate of drug-likeness (QED) is 0.592. The standard InChI is InChI=1S/C23H26N2O2/c1-5-19-15-21(23(26)27-4)22(24(3)16-18-9-7-6-8-10-18)25(19)20-13-11-17(2)12-14-20/h6-15H,5,16H2,1-4H3. The molecular weight excluding hydrogens is 336 g/mol. The summed E-state index contributed by atoms with van der Waals surface area (Å²) in [6.45, 7) is 4.87. The van der Waals surface area contributed by atoms with Gasteiger partial charge in [-0.2, -0.15) is 0 Å². The van der Waals surface area contributed by atoms with Crippen LogP contribution in [-0.4, -0.2) is 24.7 Å². The van der Waals surface area contributed by atoms with Gasteiger partial charge in [0.15, 0.2) is 0 Å². The molecule has 0 aliphatic carbocycles. The van der Waals surface area contributed by atoms with Crippen molar-refractivity contribution in [3.8, 4) is 5.69 Å². The molecule has 2 aromatic carbocycles. The molecule has 0 aliphatic heterocycles. The number of anilines is 1. The predicted octanol–water partition coefficient (Wildman–Crippen LogP) is 4.77. The molecule has 0 atom stereocenters. The first-order valence-corrected chi connectivity index (χ1v) is 9.20. The summed E-state index contributed by atoms with van der Waals surface area (Å²) in [4.78, 5) is 14.6. The summed E-state index contributed by atoms with van der Waals surface area (Å²) in [5.41, 5.74) is 5.10. The zero-order valence-electron chi connectivity index (χ0n) is 16.4. The van der Waals surface area contributed by atoms with Crippen molar-refractivity contribution >= 4 is 11.8 Å². The van der Waals surface area contributed by atoms with E-state index in [1.807, 2.05) is 31.3 Å². The molecular formula is C23H26N2O2. The number of carbonyl (C=O) groups is 1. The Bertz CT molecular complexity index is 912. The largest absolute Gasteiger partial charge is 0.465 e. The van der Waals surface area contributed by atoms with Gasteiger partial charge in [0.25, 0.3) is 0 Å². The first kappa shape index (κ1) is 18.8. The third-order valence-corrected chi connectivity index (χ3v) is 4.73. The second-order valence-corrected chi connectivity index (χ2v) is 6.73. The van der Waals surface area contributed by atoms with Gasteiger partial charge in [-0.05, 0) is 37.1 Å². The zero-order chi connectivity index (χ0) is 19.4. The fraction of sp³-hybridized carbons (Fsp3) is 0.261. The van der Waals surface area contributed by atoms with Gasteiger partial charge in [0.05, 0.1) is 7.11 Å². The van der Waals surface area contributed by atoms with Crippen molar-refractivity contribution in [1.29, 1.82) is 0 Å². The van der Waals surface area contributed by atoms with Gasteiger partial charge in [-0.25, -0.2) is 4.79 Å². The van der Waals surface area contributed by atoms with Crippen molar-refractivity contribution in [3.63, 3.8) is 0 Å². The lowest BCUT2D eigenvalue weighted by Gasteiger charge is -2.24. The minimum Gasteiger partial charge on any atom is -0.465 e. The van der Waals surface area contributed by atoms with Gasteiger partial charge in [-0.1, -0.05) is 55.0 Å². The lowest BCUT2D eigenvalue weighted by Crippen LogP contribution is -2.22. The van der Waals surface area contributed by atoms with Gasteiger partial charge in [-0.15, -0.1) is 0 Å². The Morgan fingerprint density at radius 1 is 1.07 bits per heavy atom. The molecule has 0 N–H and O–H groups in total. The summed E-state index contributed by atoms with van der Waals surface area (Å²) < 4.78 is 7.23. The van der Waals surface area contributed by atoms with E-state index in [1.54, 1.807) is 0 Å². The van der Waals surface area contributed by atoms with E-state index in [2.05, 4.69) is 59.7 Å². The molecule has 140 valence electrons. The molecule has 0 unspecified atom stereocenters. The van der Waals surface area contributed by atoms with Crippen molar-refractivity contribution in [1.82, 2.24) is 4.57 Å². The molecule has 4 nitrogen and oxygen atoms in total. The van der Waals surface area contributed by atoms with Crippen LogP contribution in [0.1, 0.15) is 34.1 Å². The highest BCUT2D eigenvalue weighted by Gasteiger charge is 2.24. The summed E-state index contributed by atoms with van der Waals surface area (Å²) in [5, 5.41) is 0. The molecule has 0 aliphatic rings. The average Bonchev–Trinajstić information content (AvgIpc) is 3.08. The van der Waals surface area contributed by atoms with Crippen LogP contribution in [0.25, 0.3) is 5.69 Å². The number of ether oxygens (including phenoxy) is 1. The molecule has 1 heterocycles. The number of methoxy groups -OCH3 is 1. The molecule has 0 saturated carbocycles. The van der Waals surface area contributed by atoms with E-state index in [1.165, 1.54) is 18.2 Å². The minimum absolute atomic E-state index is 0.314. The fourth-order valence-electron chi connectivity index (χ4n) is 3.36. The Morgan fingerprint density at radius 2 is 1.74 bits per heavy atom. The summed E-state index contributed by atoms with van der Waals surface area (Å²) in [5.74, 6) is 0.539. The van der Waals surface area contributed by atoms with Crippen LogP contribution in [0.3, 0.4) is 0 Å². The maximum absolute atomic E-state index is 12.5. The van der Waals surface area contributed by atoms with E-state index in [0.717, 1.165) is 23.6 Å². The van der Waals surface area contributed by atoms with Gasteiger partial charge in [0.2, 0.25) is 0 Å². The van der Waals surface area contributed by atoms with E-state index in [-0.39, 0.29) is 5.97 Å². The Kier molecular flexibility index (Phi) is 5.65. The van der Waals surface area contributed by atoms with Crippen LogP contribution in [0.15, 0.2) is 60.7 Å². The number of esters is 1. The molecule has 27 heavy (non-hydrogen) atoms. The Morgan fingerprint density at radius 3 is 2.33 bits per heavy atom. The summed E-state index contributed by atoms with van der Waals surface area (Å²) in [7, 11) is 3.44. The molecule has 0 radical (unpaired) electrons. The monoisotopic (exact) mass is 362 g/mol. The Hall–Kier alpha value is -3.01. The topological polar surface area (TPSA) is 34.5 Å². The number of aromatic nitrogens is 1. The highest BCUT2D eigenvalue weighted by molar-refractivity contribution is 5.96. The van der Waals surface area contributed by atoms with Gasteiger partial charge in [0.1, 0.15) is 11.4 Å². The first-order valence-electron chi connectivity index (χ1n) is 9.20. The number of rotatable bonds is 6. The molecule has 0 fully saturated rings. The molecule has 4 heteroatoms. The third kappa shape index (κ3) is 3.90. The second kappa shape index (κ2) is 8.12.